The van der Waals surface area contributed by atoms with E-state index in [4.69, 9.17) is 13.7 Å². The normalized spacial score (nSPS) is 15.8. The van der Waals surface area contributed by atoms with Crippen molar-refractivity contribution >= 4 is 27.6 Å². The van der Waals surface area contributed by atoms with Gasteiger partial charge in [-0.05, 0) is 60.2 Å². The summed E-state index contributed by atoms with van der Waals surface area (Å²) in [5.74, 6) is 0.0104. The van der Waals surface area contributed by atoms with Crippen molar-refractivity contribution in [2.24, 2.45) is 5.41 Å². The summed E-state index contributed by atoms with van der Waals surface area (Å²) < 4.78 is 42.5. The van der Waals surface area contributed by atoms with E-state index in [1.54, 1.807) is 23.1 Å². The molecule has 10 heteroatoms. The molecule has 0 saturated carbocycles. The third-order valence-electron chi connectivity index (χ3n) is 5.75. The summed E-state index contributed by atoms with van der Waals surface area (Å²) in [6.07, 6.45) is 2.23. The molecule has 1 atom stereocenters. The molecule has 1 aliphatic heterocycles. The number of carbonyl (C=O) groups is 2. The van der Waals surface area contributed by atoms with Gasteiger partial charge in [0.25, 0.3) is 0 Å². The molecule has 0 bridgehead atoms. The zero-order valence-electron chi connectivity index (χ0n) is 22.1. The number of hydrogen-bond donors (Lipinski definition) is 1. The number of methoxy groups -OCH3 is 1. The van der Waals surface area contributed by atoms with Gasteiger partial charge in [-0.3, -0.25) is 9.59 Å². The lowest BCUT2D eigenvalue weighted by Crippen LogP contribution is -2.38. The molecule has 2 aromatic carbocycles. The van der Waals surface area contributed by atoms with E-state index in [1.807, 2.05) is 20.8 Å². The second-order valence-electron chi connectivity index (χ2n) is 10.4. The first-order valence-corrected chi connectivity index (χ1v) is 13.7. The maximum absolute atomic E-state index is 13.2. The van der Waals surface area contributed by atoms with E-state index >= 15 is 0 Å². The van der Waals surface area contributed by atoms with Crippen LogP contribution in [0.5, 0.6) is 11.5 Å². The molecule has 2 amide bonds. The minimum atomic E-state index is -4.19. The van der Waals surface area contributed by atoms with Crippen LogP contribution in [0, 0.1) is 5.41 Å². The minimum absolute atomic E-state index is 0.00756. The van der Waals surface area contributed by atoms with Crippen molar-refractivity contribution in [2.45, 2.75) is 64.5 Å². The van der Waals surface area contributed by atoms with Gasteiger partial charge in [-0.1, -0.05) is 26.8 Å². The highest BCUT2D eigenvalue weighted by Crippen LogP contribution is 2.32. The van der Waals surface area contributed by atoms with E-state index in [0.29, 0.717) is 30.8 Å². The number of benzene rings is 2. The molecule has 1 saturated heterocycles. The summed E-state index contributed by atoms with van der Waals surface area (Å²) in [5.41, 5.74) is 0.994. The number of anilines is 1. The fraction of sp³-hybridized carbons (Fsp3) is 0.481. The minimum Gasteiger partial charge on any atom is -0.493 e. The van der Waals surface area contributed by atoms with Crippen LogP contribution in [0.25, 0.3) is 0 Å². The average Bonchev–Trinajstić information content (AvgIpc) is 3.31. The number of carbonyl (C=O) groups excluding carboxylic acids is 2. The summed E-state index contributed by atoms with van der Waals surface area (Å²) in [6.45, 7) is 8.85. The Bertz CT molecular complexity index is 1200. The van der Waals surface area contributed by atoms with E-state index in [2.05, 4.69) is 5.32 Å². The van der Waals surface area contributed by atoms with Gasteiger partial charge in [0, 0.05) is 38.7 Å². The summed E-state index contributed by atoms with van der Waals surface area (Å²) in [4.78, 5) is 26.1. The molecule has 0 aliphatic carbocycles. The highest BCUT2D eigenvalue weighted by atomic mass is 32.2. The molecular formula is C27H36N2O7S. The van der Waals surface area contributed by atoms with Crippen molar-refractivity contribution in [1.29, 1.82) is 0 Å². The number of rotatable bonds is 10. The topological polar surface area (TPSA) is 111 Å². The van der Waals surface area contributed by atoms with Gasteiger partial charge in [0.1, 0.15) is 4.90 Å². The Labute approximate surface area is 219 Å². The molecule has 0 spiro atoms. The zero-order chi connectivity index (χ0) is 27.2. The number of nitrogens with zero attached hydrogens (tertiary/aromatic N) is 1. The summed E-state index contributed by atoms with van der Waals surface area (Å²) >= 11 is 0. The molecule has 0 unspecified atom stereocenters. The lowest BCUT2D eigenvalue weighted by molar-refractivity contribution is -0.135. The third kappa shape index (κ3) is 8.46. The zero-order valence-corrected chi connectivity index (χ0v) is 22.9. The van der Waals surface area contributed by atoms with Gasteiger partial charge in [-0.2, -0.15) is 8.42 Å². The molecule has 1 aliphatic rings. The molecule has 1 fully saturated rings. The van der Waals surface area contributed by atoms with E-state index in [0.717, 1.165) is 12.8 Å². The van der Waals surface area contributed by atoms with Gasteiger partial charge >= 0.3 is 10.1 Å². The predicted octanol–water partition coefficient (Wildman–Crippen LogP) is 4.37. The van der Waals surface area contributed by atoms with Gasteiger partial charge in [0.15, 0.2) is 11.5 Å². The fourth-order valence-corrected chi connectivity index (χ4v) is 4.97. The van der Waals surface area contributed by atoms with Crippen LogP contribution < -0.4 is 14.2 Å². The molecule has 0 aromatic heterocycles. The van der Waals surface area contributed by atoms with Crippen molar-refractivity contribution in [3.8, 4) is 11.5 Å². The van der Waals surface area contributed by atoms with Crippen LogP contribution in [0.1, 0.15) is 52.5 Å². The van der Waals surface area contributed by atoms with Crippen LogP contribution >= 0.6 is 0 Å². The second kappa shape index (κ2) is 12.0. The van der Waals surface area contributed by atoms with Crippen molar-refractivity contribution in [3.05, 3.63) is 48.0 Å². The summed E-state index contributed by atoms with van der Waals surface area (Å²) in [7, 11) is -2.76. The lowest BCUT2D eigenvalue weighted by atomic mass is 9.91. The Balaban J connectivity index is 1.83. The van der Waals surface area contributed by atoms with Gasteiger partial charge < -0.3 is 23.9 Å². The van der Waals surface area contributed by atoms with Crippen LogP contribution in [0.15, 0.2) is 47.4 Å². The molecule has 1 N–H and O–H groups in total. The maximum atomic E-state index is 13.2. The van der Waals surface area contributed by atoms with Crippen LogP contribution in [-0.4, -0.2) is 51.5 Å². The summed E-state index contributed by atoms with van der Waals surface area (Å²) in [6, 6.07) is 10.7. The van der Waals surface area contributed by atoms with E-state index < -0.39 is 10.1 Å². The molecule has 37 heavy (non-hydrogen) atoms. The van der Waals surface area contributed by atoms with Crippen LogP contribution in [-0.2, 0) is 31.0 Å². The van der Waals surface area contributed by atoms with Crippen molar-refractivity contribution in [3.63, 3.8) is 0 Å². The van der Waals surface area contributed by atoms with Crippen molar-refractivity contribution in [2.75, 3.05) is 25.6 Å². The molecule has 1 heterocycles. The first-order chi connectivity index (χ1) is 17.4. The van der Waals surface area contributed by atoms with Gasteiger partial charge in [0.2, 0.25) is 11.8 Å². The third-order valence-corrected chi connectivity index (χ3v) is 7.00. The number of amides is 2. The van der Waals surface area contributed by atoms with Crippen LogP contribution in [0.3, 0.4) is 0 Å². The second-order valence-corrected chi connectivity index (χ2v) is 11.9. The molecule has 2 aromatic rings. The fourth-order valence-electron chi connectivity index (χ4n) is 4.03. The van der Waals surface area contributed by atoms with Crippen molar-refractivity contribution < 1.29 is 31.7 Å². The Kier molecular flexibility index (Phi) is 9.20. The number of hydrogen-bond acceptors (Lipinski definition) is 7. The molecule has 0 radical (unpaired) electrons. The Morgan fingerprint density at radius 1 is 1.11 bits per heavy atom. The van der Waals surface area contributed by atoms with E-state index in [-0.39, 0.29) is 46.3 Å². The Morgan fingerprint density at radius 3 is 2.38 bits per heavy atom. The van der Waals surface area contributed by atoms with Crippen LogP contribution in [0.2, 0.25) is 0 Å². The van der Waals surface area contributed by atoms with Gasteiger partial charge in [-0.15, -0.1) is 0 Å². The van der Waals surface area contributed by atoms with Gasteiger partial charge in [-0.25, -0.2) is 0 Å². The Morgan fingerprint density at radius 2 is 1.81 bits per heavy atom. The maximum Gasteiger partial charge on any atom is 0.339 e. The van der Waals surface area contributed by atoms with Crippen LogP contribution in [0.4, 0.5) is 5.69 Å². The summed E-state index contributed by atoms with van der Waals surface area (Å²) in [5, 5.41) is 2.59. The Hall–Kier alpha value is -3.11. The monoisotopic (exact) mass is 532 g/mol. The number of ether oxygens (including phenoxy) is 2. The quantitative estimate of drug-likeness (QED) is 0.453. The van der Waals surface area contributed by atoms with Gasteiger partial charge in [0.05, 0.1) is 13.2 Å². The molecule has 202 valence electrons. The molecular weight excluding hydrogens is 496 g/mol. The predicted molar refractivity (Wildman–Crippen MR) is 140 cm³/mol. The smallest absolute Gasteiger partial charge is 0.339 e. The lowest BCUT2D eigenvalue weighted by Gasteiger charge is -2.29. The first kappa shape index (κ1) is 28.5. The van der Waals surface area contributed by atoms with E-state index in [9.17, 15) is 18.0 Å². The average molecular weight is 533 g/mol. The van der Waals surface area contributed by atoms with Crippen molar-refractivity contribution in [1.82, 2.24) is 4.90 Å². The highest BCUT2D eigenvalue weighted by molar-refractivity contribution is 7.87. The molecule has 9 nitrogen and oxygen atoms in total. The number of nitrogens with one attached hydrogen (secondary N) is 1. The largest absolute Gasteiger partial charge is 0.493 e. The standard InChI is InChI=1S/C27H36N2O7S/c1-19(30)28-21-9-11-23(12-10-21)37(32,33)36-25-15-20(8-13-24(25)34-5)17-29(18-22-7-6-14-35-22)26(31)16-27(2,3)4/h8-13,15,22H,6-7,14,16-18H2,1-5H3,(H,28,30)/t22-/m0/s1. The molecule has 3 rings (SSSR count). The van der Waals surface area contributed by atoms with E-state index in [1.165, 1.54) is 38.3 Å². The SMILES string of the molecule is COc1ccc(CN(C[C@@H]2CCCO2)C(=O)CC(C)(C)C)cc1OS(=O)(=O)c1ccc(NC(C)=O)cc1. The highest BCUT2D eigenvalue weighted by Gasteiger charge is 2.27. The first-order valence-electron chi connectivity index (χ1n) is 12.2.